The normalized spacial score (nSPS) is 21.4. The summed E-state index contributed by atoms with van der Waals surface area (Å²) in [7, 11) is 0. The maximum atomic E-state index is 11.4. The van der Waals surface area contributed by atoms with Crippen molar-refractivity contribution in [1.29, 1.82) is 0 Å². The number of ketones is 1. The van der Waals surface area contributed by atoms with Crippen LogP contribution in [-0.4, -0.2) is 28.9 Å². The minimum absolute atomic E-state index is 0.0219. The number of carbonyl (C=O) groups excluding carboxylic acids is 1. The van der Waals surface area contributed by atoms with Crippen molar-refractivity contribution in [2.45, 2.75) is 32.7 Å². The van der Waals surface area contributed by atoms with Gasteiger partial charge in [-0.05, 0) is 39.3 Å². The molecular weight excluding hydrogens is 242 g/mol. The number of carboxylic acid groups (broad SMARTS) is 1. The van der Waals surface area contributed by atoms with E-state index in [-0.39, 0.29) is 11.7 Å². The molecule has 0 aliphatic carbocycles. The van der Waals surface area contributed by atoms with Gasteiger partial charge in [0.25, 0.3) is 0 Å². The average molecular weight is 261 g/mol. The number of Topliss-reactive ketones (excluding diaryl/α,β-unsaturated/α-hetero) is 1. The van der Waals surface area contributed by atoms with E-state index >= 15 is 0 Å². The number of benzene rings is 1. The van der Waals surface area contributed by atoms with Gasteiger partial charge in [0.15, 0.2) is 5.78 Å². The number of carbonyl (C=O) groups is 2. The molecule has 0 amide bonds. The lowest BCUT2D eigenvalue weighted by Crippen LogP contribution is -2.45. The zero-order chi connectivity index (χ0) is 14.2. The van der Waals surface area contributed by atoms with Crippen LogP contribution < -0.4 is 4.90 Å². The Morgan fingerprint density at radius 2 is 2.05 bits per heavy atom. The molecule has 0 radical (unpaired) electrons. The topological polar surface area (TPSA) is 57.6 Å². The van der Waals surface area contributed by atoms with Gasteiger partial charge in [0.05, 0.1) is 5.92 Å². The number of nitrogens with zero attached hydrogens (tertiary/aromatic N) is 1. The smallest absolute Gasteiger partial charge is 0.308 e. The third kappa shape index (κ3) is 2.35. The SMILES string of the molecule is CC(=O)c1cccc(N2CCC(C(=O)O)C2(C)C)c1. The van der Waals surface area contributed by atoms with E-state index in [1.807, 2.05) is 32.0 Å². The van der Waals surface area contributed by atoms with Gasteiger partial charge in [-0.2, -0.15) is 0 Å². The molecule has 1 N–H and O–H groups in total. The summed E-state index contributed by atoms with van der Waals surface area (Å²) in [5, 5.41) is 9.28. The van der Waals surface area contributed by atoms with Gasteiger partial charge in [0, 0.05) is 23.3 Å². The number of carboxylic acids is 1. The summed E-state index contributed by atoms with van der Waals surface area (Å²) in [4.78, 5) is 24.8. The van der Waals surface area contributed by atoms with Gasteiger partial charge in [-0.25, -0.2) is 0 Å². The van der Waals surface area contributed by atoms with E-state index < -0.39 is 11.5 Å². The number of rotatable bonds is 3. The van der Waals surface area contributed by atoms with Crippen molar-refractivity contribution >= 4 is 17.4 Å². The van der Waals surface area contributed by atoms with Gasteiger partial charge in [-0.1, -0.05) is 12.1 Å². The van der Waals surface area contributed by atoms with Gasteiger partial charge in [0.2, 0.25) is 0 Å². The predicted molar refractivity (Wildman–Crippen MR) is 73.6 cm³/mol. The van der Waals surface area contributed by atoms with Gasteiger partial charge in [-0.3, -0.25) is 9.59 Å². The molecule has 0 aromatic heterocycles. The lowest BCUT2D eigenvalue weighted by molar-refractivity contribution is -0.142. The lowest BCUT2D eigenvalue weighted by Gasteiger charge is -2.36. The largest absolute Gasteiger partial charge is 0.481 e. The number of hydrogen-bond acceptors (Lipinski definition) is 3. The van der Waals surface area contributed by atoms with Crippen LogP contribution in [0.15, 0.2) is 24.3 Å². The molecule has 1 aliphatic rings. The van der Waals surface area contributed by atoms with Crippen LogP contribution in [-0.2, 0) is 4.79 Å². The van der Waals surface area contributed by atoms with Gasteiger partial charge in [0.1, 0.15) is 0 Å². The molecule has 4 nitrogen and oxygen atoms in total. The van der Waals surface area contributed by atoms with E-state index in [1.165, 1.54) is 6.92 Å². The molecule has 1 unspecified atom stereocenters. The molecule has 1 aromatic rings. The Bertz CT molecular complexity index is 522. The summed E-state index contributed by atoms with van der Waals surface area (Å²) in [5.74, 6) is -1.11. The molecule has 0 saturated carbocycles. The molecule has 1 fully saturated rings. The summed E-state index contributed by atoms with van der Waals surface area (Å²) in [6, 6.07) is 7.40. The summed E-state index contributed by atoms with van der Waals surface area (Å²) < 4.78 is 0. The summed E-state index contributed by atoms with van der Waals surface area (Å²) in [6.45, 7) is 6.12. The third-order valence-electron chi connectivity index (χ3n) is 4.05. The molecule has 1 aliphatic heterocycles. The van der Waals surface area contributed by atoms with Crippen LogP contribution in [0.1, 0.15) is 37.6 Å². The fourth-order valence-electron chi connectivity index (χ4n) is 2.87. The van der Waals surface area contributed by atoms with E-state index in [1.54, 1.807) is 6.07 Å². The molecule has 1 atom stereocenters. The van der Waals surface area contributed by atoms with Crippen molar-refractivity contribution in [2.75, 3.05) is 11.4 Å². The Kier molecular flexibility index (Phi) is 3.35. The first-order valence-corrected chi connectivity index (χ1v) is 6.45. The highest BCUT2D eigenvalue weighted by atomic mass is 16.4. The first-order chi connectivity index (χ1) is 8.84. The molecule has 2 rings (SSSR count). The highest BCUT2D eigenvalue weighted by Gasteiger charge is 2.45. The fourth-order valence-corrected chi connectivity index (χ4v) is 2.87. The van der Waals surface area contributed by atoms with Crippen LogP contribution in [0.2, 0.25) is 0 Å². The Morgan fingerprint density at radius 3 is 2.58 bits per heavy atom. The summed E-state index contributed by atoms with van der Waals surface area (Å²) in [6.07, 6.45) is 0.632. The van der Waals surface area contributed by atoms with Gasteiger partial charge < -0.3 is 10.0 Å². The molecule has 0 spiro atoms. The van der Waals surface area contributed by atoms with E-state index in [0.29, 0.717) is 18.5 Å². The van der Waals surface area contributed by atoms with Crippen LogP contribution in [0.3, 0.4) is 0 Å². The van der Waals surface area contributed by atoms with E-state index in [2.05, 4.69) is 4.90 Å². The quantitative estimate of drug-likeness (QED) is 0.850. The second-order valence-corrected chi connectivity index (χ2v) is 5.59. The Labute approximate surface area is 113 Å². The minimum atomic E-state index is -0.754. The Morgan fingerprint density at radius 1 is 1.37 bits per heavy atom. The second-order valence-electron chi connectivity index (χ2n) is 5.59. The molecule has 1 aromatic carbocycles. The molecule has 19 heavy (non-hydrogen) atoms. The van der Waals surface area contributed by atoms with Crippen LogP contribution >= 0.6 is 0 Å². The third-order valence-corrected chi connectivity index (χ3v) is 4.05. The highest BCUT2D eigenvalue weighted by Crippen LogP contribution is 2.38. The van der Waals surface area contributed by atoms with Gasteiger partial charge >= 0.3 is 5.97 Å². The highest BCUT2D eigenvalue weighted by molar-refractivity contribution is 5.95. The average Bonchev–Trinajstić information content (AvgIpc) is 2.64. The molecule has 4 heteroatoms. The van der Waals surface area contributed by atoms with Crippen molar-refractivity contribution in [1.82, 2.24) is 0 Å². The maximum absolute atomic E-state index is 11.4. The fraction of sp³-hybridized carbons (Fsp3) is 0.467. The van der Waals surface area contributed by atoms with Crippen LogP contribution in [0, 0.1) is 5.92 Å². The van der Waals surface area contributed by atoms with Crippen LogP contribution in [0.25, 0.3) is 0 Å². The maximum Gasteiger partial charge on any atom is 0.308 e. The predicted octanol–water partition coefficient (Wildman–Crippen LogP) is 2.58. The van der Waals surface area contributed by atoms with Crippen molar-refractivity contribution in [2.24, 2.45) is 5.92 Å². The molecule has 1 heterocycles. The van der Waals surface area contributed by atoms with Crippen LogP contribution in [0.5, 0.6) is 0 Å². The monoisotopic (exact) mass is 261 g/mol. The van der Waals surface area contributed by atoms with Crippen molar-refractivity contribution < 1.29 is 14.7 Å². The number of hydrogen-bond donors (Lipinski definition) is 1. The second kappa shape index (κ2) is 4.68. The summed E-state index contributed by atoms with van der Waals surface area (Å²) >= 11 is 0. The zero-order valence-electron chi connectivity index (χ0n) is 11.5. The Balaban J connectivity index is 2.35. The lowest BCUT2D eigenvalue weighted by atomic mass is 9.88. The Hall–Kier alpha value is -1.84. The number of anilines is 1. The molecule has 0 bridgehead atoms. The molecule has 1 saturated heterocycles. The van der Waals surface area contributed by atoms with E-state index in [9.17, 15) is 14.7 Å². The van der Waals surface area contributed by atoms with Crippen LogP contribution in [0.4, 0.5) is 5.69 Å². The number of aliphatic carboxylic acids is 1. The first kappa shape index (κ1) is 13.6. The van der Waals surface area contributed by atoms with Gasteiger partial charge in [-0.15, -0.1) is 0 Å². The van der Waals surface area contributed by atoms with Crippen molar-refractivity contribution in [3.63, 3.8) is 0 Å². The van der Waals surface area contributed by atoms with E-state index in [0.717, 1.165) is 5.69 Å². The standard InChI is InChI=1S/C15H19NO3/c1-10(17)11-5-4-6-12(9-11)16-8-7-13(14(18)19)15(16,2)3/h4-6,9,13H,7-8H2,1-3H3,(H,18,19). The minimum Gasteiger partial charge on any atom is -0.481 e. The first-order valence-electron chi connectivity index (χ1n) is 6.45. The zero-order valence-corrected chi connectivity index (χ0v) is 11.5. The molecular formula is C15H19NO3. The summed E-state index contributed by atoms with van der Waals surface area (Å²) in [5.41, 5.74) is 1.13. The molecule has 102 valence electrons. The van der Waals surface area contributed by atoms with Crippen molar-refractivity contribution in [3.05, 3.63) is 29.8 Å². The van der Waals surface area contributed by atoms with Crippen molar-refractivity contribution in [3.8, 4) is 0 Å². The van der Waals surface area contributed by atoms with E-state index in [4.69, 9.17) is 0 Å².